The molecule has 0 amide bonds. The monoisotopic (exact) mass is 308 g/mol. The summed E-state index contributed by atoms with van der Waals surface area (Å²) in [7, 11) is 0. The summed E-state index contributed by atoms with van der Waals surface area (Å²) in [6.45, 7) is 2.27. The van der Waals surface area contributed by atoms with Crippen LogP contribution >= 0.6 is 0 Å². The highest BCUT2D eigenvalue weighted by molar-refractivity contribution is 6.09. The predicted molar refractivity (Wildman–Crippen MR) is 105 cm³/mol. The Morgan fingerprint density at radius 1 is 0.667 bits per heavy atom. The second kappa shape index (κ2) is 6.33. The lowest BCUT2D eigenvalue weighted by Gasteiger charge is -2.14. The molecule has 4 aromatic rings. The number of benzene rings is 4. The molecule has 0 N–H and O–H groups in total. The lowest BCUT2D eigenvalue weighted by molar-refractivity contribution is 0.988. The molecule has 0 saturated carbocycles. The number of hydrogen-bond donors (Lipinski definition) is 0. The number of fused-ring (bicyclic) bond motifs is 3. The lowest BCUT2D eigenvalue weighted by atomic mass is 9.90. The van der Waals surface area contributed by atoms with E-state index in [-0.39, 0.29) is 0 Å². The molecular formula is C24H20. The molecule has 0 saturated heterocycles. The summed E-state index contributed by atoms with van der Waals surface area (Å²) in [5.41, 5.74) is 2.63. The van der Waals surface area contributed by atoms with Gasteiger partial charge < -0.3 is 0 Å². The van der Waals surface area contributed by atoms with Crippen LogP contribution in [-0.4, -0.2) is 0 Å². The molecule has 0 nitrogen and oxygen atoms in total. The standard InChI is InChI=1S/C24H20/c1-18(15-16-19-9-3-2-4-10-19)24-17-20-11-5-6-12-21(20)22-13-7-8-14-23(22)24/h2-18H,1H3/b16-15+/t18-/m0/s1. The van der Waals surface area contributed by atoms with Crippen molar-refractivity contribution in [2.24, 2.45) is 0 Å². The van der Waals surface area contributed by atoms with E-state index in [9.17, 15) is 0 Å². The summed E-state index contributed by atoms with van der Waals surface area (Å²) in [6, 6.07) is 30.2. The van der Waals surface area contributed by atoms with Gasteiger partial charge in [0.1, 0.15) is 0 Å². The summed E-state index contributed by atoms with van der Waals surface area (Å²) in [5.74, 6) is 0.361. The normalized spacial score (nSPS) is 12.9. The summed E-state index contributed by atoms with van der Waals surface area (Å²) < 4.78 is 0. The Hall–Kier alpha value is -2.86. The molecule has 116 valence electrons. The van der Waals surface area contributed by atoms with Gasteiger partial charge in [-0.3, -0.25) is 0 Å². The van der Waals surface area contributed by atoms with E-state index < -0.39 is 0 Å². The van der Waals surface area contributed by atoms with E-state index in [1.807, 2.05) is 0 Å². The van der Waals surface area contributed by atoms with E-state index in [0.29, 0.717) is 5.92 Å². The Balaban J connectivity index is 1.84. The smallest absolute Gasteiger partial charge is 0.0000731 e. The van der Waals surface area contributed by atoms with Crippen molar-refractivity contribution in [2.45, 2.75) is 12.8 Å². The van der Waals surface area contributed by atoms with Crippen molar-refractivity contribution in [3.63, 3.8) is 0 Å². The molecule has 4 rings (SSSR count). The zero-order chi connectivity index (χ0) is 16.4. The third-order valence-electron chi connectivity index (χ3n) is 4.67. The highest BCUT2D eigenvalue weighted by Crippen LogP contribution is 2.33. The van der Waals surface area contributed by atoms with Gasteiger partial charge in [0, 0.05) is 0 Å². The van der Waals surface area contributed by atoms with Crippen molar-refractivity contribution in [2.75, 3.05) is 0 Å². The molecule has 0 bridgehead atoms. The van der Waals surface area contributed by atoms with Crippen molar-refractivity contribution < 1.29 is 0 Å². The molecule has 0 heteroatoms. The first-order valence-corrected chi connectivity index (χ1v) is 8.46. The van der Waals surface area contributed by atoms with Crippen molar-refractivity contribution in [3.8, 4) is 0 Å². The first kappa shape index (κ1) is 14.7. The largest absolute Gasteiger partial charge is 0.0767 e. The SMILES string of the molecule is C[C@@H](/C=C/c1ccccc1)c1cc2ccccc2c2ccccc12. The van der Waals surface area contributed by atoms with E-state index in [0.717, 1.165) is 0 Å². The zero-order valence-electron chi connectivity index (χ0n) is 13.8. The van der Waals surface area contributed by atoms with Gasteiger partial charge in [-0.25, -0.2) is 0 Å². The number of allylic oxidation sites excluding steroid dienone is 1. The highest BCUT2D eigenvalue weighted by Gasteiger charge is 2.10. The van der Waals surface area contributed by atoms with E-state index >= 15 is 0 Å². The van der Waals surface area contributed by atoms with Gasteiger partial charge in [0.05, 0.1) is 0 Å². The van der Waals surface area contributed by atoms with Gasteiger partial charge in [0.2, 0.25) is 0 Å². The third kappa shape index (κ3) is 2.72. The van der Waals surface area contributed by atoms with Crippen LogP contribution in [0.5, 0.6) is 0 Å². The molecule has 24 heavy (non-hydrogen) atoms. The minimum Gasteiger partial charge on any atom is -0.0767 e. The van der Waals surface area contributed by atoms with Gasteiger partial charge >= 0.3 is 0 Å². The quantitative estimate of drug-likeness (QED) is 0.365. The molecule has 1 atom stereocenters. The van der Waals surface area contributed by atoms with E-state index in [1.54, 1.807) is 0 Å². The van der Waals surface area contributed by atoms with Crippen LogP contribution in [0.3, 0.4) is 0 Å². The molecule has 0 spiro atoms. The van der Waals surface area contributed by atoms with E-state index in [2.05, 4.69) is 104 Å². The molecule has 0 aliphatic carbocycles. The molecule has 0 aliphatic rings. The van der Waals surface area contributed by atoms with Gasteiger partial charge in [-0.05, 0) is 44.7 Å². The van der Waals surface area contributed by atoms with Crippen molar-refractivity contribution >= 4 is 27.6 Å². The molecular weight excluding hydrogens is 288 g/mol. The maximum Gasteiger partial charge on any atom is -0.0000731 e. The van der Waals surface area contributed by atoms with Gasteiger partial charge in [-0.15, -0.1) is 0 Å². The summed E-state index contributed by atoms with van der Waals surface area (Å²) in [6.07, 6.45) is 4.51. The zero-order valence-corrected chi connectivity index (χ0v) is 13.8. The van der Waals surface area contributed by atoms with Gasteiger partial charge in [0.15, 0.2) is 0 Å². The number of hydrogen-bond acceptors (Lipinski definition) is 0. The molecule has 4 aromatic carbocycles. The molecule has 0 radical (unpaired) electrons. The maximum atomic E-state index is 2.34. The van der Waals surface area contributed by atoms with Crippen molar-refractivity contribution in [3.05, 3.63) is 102 Å². The second-order valence-electron chi connectivity index (χ2n) is 6.29. The Morgan fingerprint density at radius 2 is 1.29 bits per heavy atom. The Kier molecular flexibility index (Phi) is 3.88. The van der Waals surface area contributed by atoms with Crippen molar-refractivity contribution in [1.29, 1.82) is 0 Å². The predicted octanol–water partition coefficient (Wildman–Crippen LogP) is 6.81. The third-order valence-corrected chi connectivity index (χ3v) is 4.67. The van der Waals surface area contributed by atoms with Gasteiger partial charge in [-0.2, -0.15) is 0 Å². The van der Waals surface area contributed by atoms with Crippen molar-refractivity contribution in [1.82, 2.24) is 0 Å². The second-order valence-corrected chi connectivity index (χ2v) is 6.29. The van der Waals surface area contributed by atoms with Crippen LogP contribution in [0.15, 0.2) is 91.0 Å². The first-order valence-electron chi connectivity index (χ1n) is 8.46. The van der Waals surface area contributed by atoms with Gasteiger partial charge in [-0.1, -0.05) is 97.9 Å². The fraction of sp³-hybridized carbons (Fsp3) is 0.0833. The van der Waals surface area contributed by atoms with Crippen LogP contribution in [0, 0.1) is 0 Å². The summed E-state index contributed by atoms with van der Waals surface area (Å²) in [5, 5.41) is 5.33. The fourth-order valence-electron chi connectivity index (χ4n) is 3.38. The van der Waals surface area contributed by atoms with E-state index in [1.165, 1.54) is 32.7 Å². The average Bonchev–Trinajstić information content (AvgIpc) is 2.66. The van der Waals surface area contributed by atoms with Crippen LogP contribution < -0.4 is 0 Å². The van der Waals surface area contributed by atoms with Crippen LogP contribution in [-0.2, 0) is 0 Å². The van der Waals surface area contributed by atoms with Crippen LogP contribution in [0.4, 0.5) is 0 Å². The molecule has 0 fully saturated rings. The van der Waals surface area contributed by atoms with Crippen LogP contribution in [0.2, 0.25) is 0 Å². The number of rotatable bonds is 3. The Morgan fingerprint density at radius 3 is 2.08 bits per heavy atom. The topological polar surface area (TPSA) is 0 Å². The molecule has 0 heterocycles. The first-order chi connectivity index (χ1) is 11.8. The lowest BCUT2D eigenvalue weighted by Crippen LogP contribution is -1.92. The minimum atomic E-state index is 0.361. The molecule has 0 unspecified atom stereocenters. The molecule has 0 aromatic heterocycles. The molecule has 0 aliphatic heterocycles. The fourth-order valence-corrected chi connectivity index (χ4v) is 3.38. The van der Waals surface area contributed by atoms with Gasteiger partial charge in [0.25, 0.3) is 0 Å². The summed E-state index contributed by atoms with van der Waals surface area (Å²) in [4.78, 5) is 0. The highest BCUT2D eigenvalue weighted by atomic mass is 14.1. The van der Waals surface area contributed by atoms with Crippen LogP contribution in [0.1, 0.15) is 24.0 Å². The summed E-state index contributed by atoms with van der Waals surface area (Å²) >= 11 is 0. The van der Waals surface area contributed by atoms with Crippen LogP contribution in [0.25, 0.3) is 27.6 Å². The Labute approximate surface area is 143 Å². The Bertz CT molecular complexity index is 1010. The van der Waals surface area contributed by atoms with E-state index in [4.69, 9.17) is 0 Å². The maximum absolute atomic E-state index is 2.34. The average molecular weight is 308 g/mol. The minimum absolute atomic E-state index is 0.361.